The number of hydrogen-bond donors (Lipinski definition) is 0. The molecular weight excluding hydrogens is 210 g/mol. The molecule has 0 radical (unpaired) electrons. The SMILES string of the molecule is CC1CC(C)N(CCC(=O)c2ccccc2)C1. The molecule has 1 aliphatic rings. The lowest BCUT2D eigenvalue weighted by Gasteiger charge is -2.20. The number of likely N-dealkylation sites (tertiary alicyclic amines) is 1. The molecule has 1 heterocycles. The Morgan fingerprint density at radius 2 is 2.00 bits per heavy atom. The Labute approximate surface area is 104 Å². The first kappa shape index (κ1) is 12.3. The molecule has 0 amide bonds. The van der Waals surface area contributed by atoms with E-state index in [-0.39, 0.29) is 5.78 Å². The summed E-state index contributed by atoms with van der Waals surface area (Å²) in [7, 11) is 0. The maximum Gasteiger partial charge on any atom is 0.164 e. The van der Waals surface area contributed by atoms with Crippen LogP contribution in [0.4, 0.5) is 0 Å². The van der Waals surface area contributed by atoms with Gasteiger partial charge in [-0.05, 0) is 19.3 Å². The van der Waals surface area contributed by atoms with E-state index < -0.39 is 0 Å². The van der Waals surface area contributed by atoms with Crippen molar-refractivity contribution >= 4 is 5.78 Å². The predicted octanol–water partition coefficient (Wildman–Crippen LogP) is 2.99. The van der Waals surface area contributed by atoms with Gasteiger partial charge in [0.2, 0.25) is 0 Å². The summed E-state index contributed by atoms with van der Waals surface area (Å²) in [6.07, 6.45) is 1.90. The molecule has 2 unspecified atom stereocenters. The average molecular weight is 231 g/mol. The van der Waals surface area contributed by atoms with Crippen LogP contribution in [0.1, 0.15) is 37.0 Å². The summed E-state index contributed by atoms with van der Waals surface area (Å²) in [5.74, 6) is 1.04. The van der Waals surface area contributed by atoms with Crippen LogP contribution >= 0.6 is 0 Å². The first-order chi connectivity index (χ1) is 8.16. The van der Waals surface area contributed by atoms with Crippen molar-refractivity contribution in [3.05, 3.63) is 35.9 Å². The third kappa shape index (κ3) is 3.16. The monoisotopic (exact) mass is 231 g/mol. The molecule has 1 aromatic carbocycles. The molecule has 0 bridgehead atoms. The van der Waals surface area contributed by atoms with Gasteiger partial charge in [-0.25, -0.2) is 0 Å². The molecule has 92 valence electrons. The second-order valence-electron chi connectivity index (χ2n) is 5.22. The molecule has 1 saturated heterocycles. The summed E-state index contributed by atoms with van der Waals surface area (Å²) in [6, 6.07) is 10.2. The van der Waals surface area contributed by atoms with Gasteiger partial charge < -0.3 is 0 Å². The molecule has 0 saturated carbocycles. The molecular formula is C15H21NO. The summed E-state index contributed by atoms with van der Waals surface area (Å²) >= 11 is 0. The Bertz CT molecular complexity index is 374. The zero-order valence-electron chi connectivity index (χ0n) is 10.7. The van der Waals surface area contributed by atoms with Gasteiger partial charge in [-0.1, -0.05) is 37.3 Å². The van der Waals surface area contributed by atoms with E-state index in [0.717, 1.165) is 24.6 Å². The molecule has 1 fully saturated rings. The molecule has 0 spiro atoms. The van der Waals surface area contributed by atoms with E-state index in [0.29, 0.717) is 12.5 Å². The van der Waals surface area contributed by atoms with Crippen molar-refractivity contribution in [3.63, 3.8) is 0 Å². The smallest absolute Gasteiger partial charge is 0.164 e. The van der Waals surface area contributed by atoms with Crippen molar-refractivity contribution < 1.29 is 4.79 Å². The molecule has 0 aliphatic carbocycles. The normalized spacial score (nSPS) is 25.1. The van der Waals surface area contributed by atoms with E-state index >= 15 is 0 Å². The zero-order chi connectivity index (χ0) is 12.3. The van der Waals surface area contributed by atoms with Gasteiger partial charge in [0.15, 0.2) is 5.78 Å². The summed E-state index contributed by atoms with van der Waals surface area (Å²) in [5, 5.41) is 0. The predicted molar refractivity (Wildman–Crippen MR) is 70.2 cm³/mol. The minimum Gasteiger partial charge on any atom is -0.300 e. The number of ketones is 1. The molecule has 17 heavy (non-hydrogen) atoms. The summed E-state index contributed by atoms with van der Waals surface area (Å²) in [6.45, 7) is 6.59. The van der Waals surface area contributed by atoms with E-state index in [1.807, 2.05) is 30.3 Å². The van der Waals surface area contributed by atoms with Gasteiger partial charge in [-0.15, -0.1) is 0 Å². The van der Waals surface area contributed by atoms with E-state index in [4.69, 9.17) is 0 Å². The molecule has 2 rings (SSSR count). The van der Waals surface area contributed by atoms with E-state index in [1.165, 1.54) is 6.42 Å². The molecule has 2 heteroatoms. The highest BCUT2D eigenvalue weighted by Crippen LogP contribution is 2.22. The van der Waals surface area contributed by atoms with E-state index in [9.17, 15) is 4.79 Å². The van der Waals surface area contributed by atoms with Crippen molar-refractivity contribution in [2.24, 2.45) is 5.92 Å². The van der Waals surface area contributed by atoms with Crippen LogP contribution in [-0.2, 0) is 0 Å². The lowest BCUT2D eigenvalue weighted by atomic mass is 10.1. The highest BCUT2D eigenvalue weighted by molar-refractivity contribution is 5.96. The molecule has 2 atom stereocenters. The lowest BCUT2D eigenvalue weighted by molar-refractivity contribution is 0.0962. The fraction of sp³-hybridized carbons (Fsp3) is 0.533. The average Bonchev–Trinajstić information content (AvgIpc) is 2.66. The van der Waals surface area contributed by atoms with Crippen LogP contribution in [0.2, 0.25) is 0 Å². The minimum atomic E-state index is 0.261. The molecule has 0 N–H and O–H groups in total. The van der Waals surface area contributed by atoms with Gasteiger partial charge in [-0.2, -0.15) is 0 Å². The maximum atomic E-state index is 12.0. The third-order valence-corrected chi connectivity index (χ3v) is 3.63. The van der Waals surface area contributed by atoms with Crippen LogP contribution in [0.25, 0.3) is 0 Å². The van der Waals surface area contributed by atoms with Crippen molar-refractivity contribution in [2.75, 3.05) is 13.1 Å². The Kier molecular flexibility index (Phi) is 3.95. The number of Topliss-reactive ketones (excluding diaryl/α,β-unsaturated/α-hetero) is 1. The Hall–Kier alpha value is -1.15. The Balaban J connectivity index is 1.85. The first-order valence-electron chi connectivity index (χ1n) is 6.49. The van der Waals surface area contributed by atoms with Gasteiger partial charge in [0.1, 0.15) is 0 Å². The number of rotatable bonds is 4. The van der Waals surface area contributed by atoms with Crippen molar-refractivity contribution in [1.29, 1.82) is 0 Å². The Morgan fingerprint density at radius 1 is 1.29 bits per heavy atom. The second-order valence-corrected chi connectivity index (χ2v) is 5.22. The zero-order valence-corrected chi connectivity index (χ0v) is 10.7. The first-order valence-corrected chi connectivity index (χ1v) is 6.49. The Morgan fingerprint density at radius 3 is 2.59 bits per heavy atom. The van der Waals surface area contributed by atoms with Crippen LogP contribution < -0.4 is 0 Å². The summed E-state index contributed by atoms with van der Waals surface area (Å²) in [4.78, 5) is 14.4. The molecule has 1 aliphatic heterocycles. The summed E-state index contributed by atoms with van der Waals surface area (Å²) < 4.78 is 0. The van der Waals surface area contributed by atoms with Crippen LogP contribution in [0.3, 0.4) is 0 Å². The quantitative estimate of drug-likeness (QED) is 0.742. The van der Waals surface area contributed by atoms with Gasteiger partial charge in [-0.3, -0.25) is 9.69 Å². The van der Waals surface area contributed by atoms with Gasteiger partial charge in [0.25, 0.3) is 0 Å². The number of carbonyl (C=O) groups excluding carboxylic acids is 1. The largest absolute Gasteiger partial charge is 0.300 e. The lowest BCUT2D eigenvalue weighted by Crippen LogP contribution is -2.29. The molecule has 1 aromatic rings. The van der Waals surface area contributed by atoms with E-state index in [2.05, 4.69) is 18.7 Å². The number of nitrogens with zero attached hydrogens (tertiary/aromatic N) is 1. The van der Waals surface area contributed by atoms with Crippen molar-refractivity contribution in [3.8, 4) is 0 Å². The van der Waals surface area contributed by atoms with Crippen LogP contribution in [-0.4, -0.2) is 29.8 Å². The van der Waals surface area contributed by atoms with Gasteiger partial charge >= 0.3 is 0 Å². The number of hydrogen-bond acceptors (Lipinski definition) is 2. The van der Waals surface area contributed by atoms with Crippen molar-refractivity contribution in [1.82, 2.24) is 4.90 Å². The molecule has 0 aromatic heterocycles. The standard InChI is InChI=1S/C15H21NO/c1-12-10-13(2)16(11-12)9-8-15(17)14-6-4-3-5-7-14/h3-7,12-13H,8-11H2,1-2H3. The summed E-state index contributed by atoms with van der Waals surface area (Å²) in [5.41, 5.74) is 0.840. The molecule has 2 nitrogen and oxygen atoms in total. The van der Waals surface area contributed by atoms with Crippen LogP contribution in [0, 0.1) is 5.92 Å². The topological polar surface area (TPSA) is 20.3 Å². The maximum absolute atomic E-state index is 12.0. The second kappa shape index (κ2) is 5.46. The van der Waals surface area contributed by atoms with Gasteiger partial charge in [0, 0.05) is 31.1 Å². The van der Waals surface area contributed by atoms with E-state index in [1.54, 1.807) is 0 Å². The highest BCUT2D eigenvalue weighted by atomic mass is 16.1. The van der Waals surface area contributed by atoms with Gasteiger partial charge in [0.05, 0.1) is 0 Å². The fourth-order valence-electron chi connectivity index (χ4n) is 2.71. The minimum absolute atomic E-state index is 0.261. The number of carbonyl (C=O) groups is 1. The fourth-order valence-corrected chi connectivity index (χ4v) is 2.71. The van der Waals surface area contributed by atoms with Crippen LogP contribution in [0.15, 0.2) is 30.3 Å². The highest BCUT2D eigenvalue weighted by Gasteiger charge is 2.25. The third-order valence-electron chi connectivity index (χ3n) is 3.63. The van der Waals surface area contributed by atoms with Crippen molar-refractivity contribution in [2.45, 2.75) is 32.7 Å². The van der Waals surface area contributed by atoms with Crippen LogP contribution in [0.5, 0.6) is 0 Å². The number of benzene rings is 1.